The zero-order valence-corrected chi connectivity index (χ0v) is 20.9. The number of hydrogen-bond donors (Lipinski definition) is 3. The SMILES string of the molecule is CC(C)CCC(NC(=O)C[C@H](NC(=O)OCC1c2ccccc2-c2ccccc21)C(C)C)C(=O)O. The number of aliphatic carboxylic acids is 1. The van der Waals surface area contributed by atoms with Crippen molar-refractivity contribution in [2.45, 2.75) is 65.0 Å². The van der Waals surface area contributed by atoms with Crippen molar-refractivity contribution in [2.24, 2.45) is 11.8 Å². The predicted octanol–water partition coefficient (Wildman–Crippen LogP) is 4.95. The number of carbonyl (C=O) groups excluding carboxylic acids is 2. The second-order valence-corrected chi connectivity index (χ2v) is 9.95. The lowest BCUT2D eigenvalue weighted by Crippen LogP contribution is -2.46. The number of carboxylic acids is 1. The summed E-state index contributed by atoms with van der Waals surface area (Å²) in [5.74, 6) is -1.21. The first kappa shape index (κ1) is 26.3. The van der Waals surface area contributed by atoms with Crippen LogP contribution in [0.25, 0.3) is 11.1 Å². The highest BCUT2D eigenvalue weighted by Gasteiger charge is 2.30. The van der Waals surface area contributed by atoms with Gasteiger partial charge in [0.1, 0.15) is 12.6 Å². The van der Waals surface area contributed by atoms with Crippen molar-refractivity contribution < 1.29 is 24.2 Å². The lowest BCUT2D eigenvalue weighted by atomic mass is 9.98. The van der Waals surface area contributed by atoms with Gasteiger partial charge in [-0.1, -0.05) is 76.2 Å². The van der Waals surface area contributed by atoms with Crippen molar-refractivity contribution in [3.63, 3.8) is 0 Å². The van der Waals surface area contributed by atoms with E-state index < -0.39 is 30.1 Å². The summed E-state index contributed by atoms with van der Waals surface area (Å²) in [5.41, 5.74) is 4.56. The van der Waals surface area contributed by atoms with E-state index in [1.54, 1.807) is 0 Å². The molecule has 7 heteroatoms. The third-order valence-electron chi connectivity index (χ3n) is 6.52. The van der Waals surface area contributed by atoms with Crippen molar-refractivity contribution >= 4 is 18.0 Å². The minimum absolute atomic E-state index is 0.0205. The second kappa shape index (κ2) is 11.9. The smallest absolute Gasteiger partial charge is 0.407 e. The standard InChI is InChI=1S/C28H36N2O5/c1-17(2)13-14-24(27(32)33)29-26(31)15-25(18(3)4)30-28(34)35-16-23-21-11-7-5-9-19(21)20-10-6-8-12-22(20)23/h5-12,17-18,23-25H,13-16H2,1-4H3,(H,29,31)(H,30,34)(H,32,33)/t24?,25-/m0/s1. The van der Waals surface area contributed by atoms with E-state index in [2.05, 4.69) is 34.9 Å². The van der Waals surface area contributed by atoms with Gasteiger partial charge in [0.2, 0.25) is 5.91 Å². The summed E-state index contributed by atoms with van der Waals surface area (Å²) in [5, 5.41) is 14.8. The Hall–Kier alpha value is -3.35. The molecule has 7 nitrogen and oxygen atoms in total. The van der Waals surface area contributed by atoms with E-state index in [0.29, 0.717) is 18.8 Å². The topological polar surface area (TPSA) is 105 Å². The average molecular weight is 481 g/mol. The molecule has 1 aliphatic rings. The van der Waals surface area contributed by atoms with Crippen molar-refractivity contribution in [1.29, 1.82) is 0 Å². The Bertz CT molecular complexity index is 1000. The zero-order chi connectivity index (χ0) is 25.5. The number of carbonyl (C=O) groups is 3. The third-order valence-corrected chi connectivity index (χ3v) is 6.52. The largest absolute Gasteiger partial charge is 0.480 e. The van der Waals surface area contributed by atoms with Crippen LogP contribution in [-0.2, 0) is 14.3 Å². The first-order valence-corrected chi connectivity index (χ1v) is 12.3. The first-order chi connectivity index (χ1) is 16.7. The number of rotatable bonds is 11. The number of nitrogens with one attached hydrogen (secondary N) is 2. The molecule has 2 aromatic rings. The van der Waals surface area contributed by atoms with E-state index in [-0.39, 0.29) is 24.9 Å². The molecule has 3 rings (SSSR count). The molecule has 1 aliphatic carbocycles. The highest BCUT2D eigenvalue weighted by atomic mass is 16.5. The molecule has 0 heterocycles. The Morgan fingerprint density at radius 3 is 1.97 bits per heavy atom. The van der Waals surface area contributed by atoms with Crippen molar-refractivity contribution in [3.05, 3.63) is 59.7 Å². The Kier molecular flexibility index (Phi) is 8.90. The minimum atomic E-state index is -1.05. The van der Waals surface area contributed by atoms with Gasteiger partial charge in [-0.3, -0.25) is 4.79 Å². The molecule has 0 saturated heterocycles. The number of fused-ring (bicyclic) bond motifs is 3. The molecule has 35 heavy (non-hydrogen) atoms. The summed E-state index contributed by atoms with van der Waals surface area (Å²) in [6.07, 6.45) is 0.453. The number of benzene rings is 2. The summed E-state index contributed by atoms with van der Waals surface area (Å²) in [4.78, 5) is 36.8. The second-order valence-electron chi connectivity index (χ2n) is 9.95. The van der Waals surface area contributed by atoms with Gasteiger partial charge in [0.15, 0.2) is 0 Å². The molecule has 0 radical (unpaired) electrons. The Labute approximate surface area is 207 Å². The molecule has 2 aromatic carbocycles. The van der Waals surface area contributed by atoms with Crippen LogP contribution in [0.5, 0.6) is 0 Å². The van der Waals surface area contributed by atoms with E-state index >= 15 is 0 Å². The van der Waals surface area contributed by atoms with Gasteiger partial charge >= 0.3 is 12.1 Å². The quantitative estimate of drug-likeness (QED) is 0.422. The maximum atomic E-state index is 12.7. The molecule has 3 N–H and O–H groups in total. The number of carboxylic acid groups (broad SMARTS) is 1. The van der Waals surface area contributed by atoms with Crippen LogP contribution < -0.4 is 10.6 Å². The minimum Gasteiger partial charge on any atom is -0.480 e. The van der Waals surface area contributed by atoms with Crippen molar-refractivity contribution in [1.82, 2.24) is 10.6 Å². The molecular formula is C28H36N2O5. The lowest BCUT2D eigenvalue weighted by molar-refractivity contribution is -0.142. The molecule has 0 saturated carbocycles. The molecule has 2 atom stereocenters. The van der Waals surface area contributed by atoms with Crippen LogP contribution in [0.1, 0.15) is 64.0 Å². The highest BCUT2D eigenvalue weighted by molar-refractivity contribution is 5.84. The molecular weight excluding hydrogens is 444 g/mol. The van der Waals surface area contributed by atoms with E-state index in [9.17, 15) is 19.5 Å². The van der Waals surface area contributed by atoms with Gasteiger partial charge in [0.25, 0.3) is 0 Å². The fraction of sp³-hybridized carbons (Fsp3) is 0.464. The van der Waals surface area contributed by atoms with Crippen LogP contribution in [0.2, 0.25) is 0 Å². The average Bonchev–Trinajstić information content (AvgIpc) is 3.13. The normalized spacial score (nSPS) is 14.2. The molecule has 2 amide bonds. The highest BCUT2D eigenvalue weighted by Crippen LogP contribution is 2.44. The van der Waals surface area contributed by atoms with E-state index in [4.69, 9.17) is 4.74 Å². The zero-order valence-electron chi connectivity index (χ0n) is 20.9. The number of amides is 2. The van der Waals surface area contributed by atoms with E-state index in [1.165, 1.54) is 0 Å². The van der Waals surface area contributed by atoms with Gasteiger partial charge in [-0.25, -0.2) is 9.59 Å². The van der Waals surface area contributed by atoms with Crippen LogP contribution in [-0.4, -0.2) is 41.8 Å². The summed E-state index contributed by atoms with van der Waals surface area (Å²) in [6.45, 7) is 8.00. The molecule has 1 unspecified atom stereocenters. The monoisotopic (exact) mass is 480 g/mol. The third kappa shape index (κ3) is 6.84. The van der Waals surface area contributed by atoms with Gasteiger partial charge in [-0.2, -0.15) is 0 Å². The van der Waals surface area contributed by atoms with Crippen molar-refractivity contribution in [2.75, 3.05) is 6.61 Å². The Morgan fingerprint density at radius 2 is 1.46 bits per heavy atom. The molecule has 0 aliphatic heterocycles. The van der Waals surface area contributed by atoms with Crippen LogP contribution in [0.4, 0.5) is 4.79 Å². The molecule has 0 aromatic heterocycles. The maximum Gasteiger partial charge on any atom is 0.407 e. The lowest BCUT2D eigenvalue weighted by Gasteiger charge is -2.23. The van der Waals surface area contributed by atoms with Crippen LogP contribution >= 0.6 is 0 Å². The number of hydrogen-bond acceptors (Lipinski definition) is 4. The summed E-state index contributed by atoms with van der Waals surface area (Å²) < 4.78 is 5.61. The van der Waals surface area contributed by atoms with E-state index in [0.717, 1.165) is 22.3 Å². The van der Waals surface area contributed by atoms with Crippen LogP contribution in [0, 0.1) is 11.8 Å². The van der Waals surface area contributed by atoms with Gasteiger partial charge in [-0.05, 0) is 46.9 Å². The van der Waals surface area contributed by atoms with Gasteiger partial charge in [-0.15, -0.1) is 0 Å². The molecule has 188 valence electrons. The fourth-order valence-electron chi connectivity index (χ4n) is 4.46. The Balaban J connectivity index is 1.58. The summed E-state index contributed by atoms with van der Waals surface area (Å²) >= 11 is 0. The molecule has 0 spiro atoms. The summed E-state index contributed by atoms with van der Waals surface area (Å²) in [7, 11) is 0. The van der Waals surface area contributed by atoms with Crippen LogP contribution in [0.15, 0.2) is 48.5 Å². The van der Waals surface area contributed by atoms with Gasteiger partial charge in [0, 0.05) is 18.4 Å². The maximum absolute atomic E-state index is 12.7. The number of alkyl carbamates (subject to hydrolysis) is 1. The molecule has 0 bridgehead atoms. The van der Waals surface area contributed by atoms with Crippen LogP contribution in [0.3, 0.4) is 0 Å². The van der Waals surface area contributed by atoms with Gasteiger partial charge < -0.3 is 20.5 Å². The van der Waals surface area contributed by atoms with Crippen molar-refractivity contribution in [3.8, 4) is 11.1 Å². The first-order valence-electron chi connectivity index (χ1n) is 12.3. The number of ether oxygens (including phenoxy) is 1. The molecule has 0 fully saturated rings. The fourth-order valence-corrected chi connectivity index (χ4v) is 4.46. The van der Waals surface area contributed by atoms with Gasteiger partial charge in [0.05, 0.1) is 0 Å². The van der Waals surface area contributed by atoms with E-state index in [1.807, 2.05) is 52.0 Å². The Morgan fingerprint density at radius 1 is 0.886 bits per heavy atom. The summed E-state index contributed by atoms with van der Waals surface area (Å²) in [6, 6.07) is 14.8. The predicted molar refractivity (Wildman–Crippen MR) is 135 cm³/mol.